The van der Waals surface area contributed by atoms with Crippen LogP contribution < -0.4 is 11.3 Å². The highest BCUT2D eigenvalue weighted by Crippen LogP contribution is 2.22. The summed E-state index contributed by atoms with van der Waals surface area (Å²) in [5.74, 6) is 4.42. The average Bonchev–Trinajstić information content (AvgIpc) is 2.29. The number of alkyl halides is 1. The zero-order valence-corrected chi connectivity index (χ0v) is 10.7. The van der Waals surface area contributed by atoms with Crippen LogP contribution in [0.4, 0.5) is 4.39 Å². The van der Waals surface area contributed by atoms with E-state index in [2.05, 4.69) is 5.43 Å². The van der Waals surface area contributed by atoms with Crippen molar-refractivity contribution in [3.63, 3.8) is 0 Å². The number of carbonyl (C=O) groups is 1. The van der Waals surface area contributed by atoms with E-state index in [0.29, 0.717) is 24.3 Å². The molecule has 0 aliphatic heterocycles. The zero-order valence-electron chi connectivity index (χ0n) is 9.16. The summed E-state index contributed by atoms with van der Waals surface area (Å²) in [5.41, 5.74) is 2.71. The number of nitrogens with one attached hydrogen (secondary N) is 1. The summed E-state index contributed by atoms with van der Waals surface area (Å²) < 4.78 is 13.0. The largest absolute Gasteiger partial charge is 0.294 e. The Morgan fingerprint density at radius 1 is 1.53 bits per heavy atom. The minimum Gasteiger partial charge on any atom is -0.294 e. The molecular weight excluding hydrogens is 266 g/mol. The Morgan fingerprint density at radius 2 is 2.24 bits per heavy atom. The molecule has 1 atom stereocenters. The second-order valence-electron chi connectivity index (χ2n) is 3.45. The third-order valence-corrected chi connectivity index (χ3v) is 2.60. The molecule has 1 aromatic carbocycles. The van der Waals surface area contributed by atoms with Crippen LogP contribution in [-0.2, 0) is 4.79 Å². The van der Waals surface area contributed by atoms with Gasteiger partial charge in [0, 0.05) is 5.88 Å². The summed E-state index contributed by atoms with van der Waals surface area (Å²) in [5, 5.41) is 0. The quantitative estimate of drug-likeness (QED) is 0.377. The van der Waals surface area contributed by atoms with E-state index in [-0.39, 0.29) is 24.1 Å². The number of rotatable bonds is 5. The SMILES string of the molecule is Cl.NNC(=O)C(CCCCl)c1cccc(F)c1. The summed E-state index contributed by atoms with van der Waals surface area (Å²) in [6.45, 7) is 0. The van der Waals surface area contributed by atoms with Crippen LogP contribution in [0.25, 0.3) is 0 Å². The highest BCUT2D eigenvalue weighted by atomic mass is 35.5. The second-order valence-corrected chi connectivity index (χ2v) is 3.83. The van der Waals surface area contributed by atoms with Gasteiger partial charge in [-0.15, -0.1) is 24.0 Å². The minimum atomic E-state index is -0.445. The van der Waals surface area contributed by atoms with Gasteiger partial charge in [0.2, 0.25) is 5.91 Å². The van der Waals surface area contributed by atoms with E-state index in [9.17, 15) is 9.18 Å². The maximum Gasteiger partial charge on any atom is 0.241 e. The molecule has 1 unspecified atom stereocenters. The minimum absolute atomic E-state index is 0. The van der Waals surface area contributed by atoms with Gasteiger partial charge in [0.15, 0.2) is 0 Å². The molecule has 6 heteroatoms. The van der Waals surface area contributed by atoms with Crippen LogP contribution in [0.2, 0.25) is 0 Å². The van der Waals surface area contributed by atoms with Gasteiger partial charge in [-0.2, -0.15) is 0 Å². The summed E-state index contributed by atoms with van der Waals surface area (Å²) in [6, 6.07) is 5.95. The fourth-order valence-corrected chi connectivity index (χ4v) is 1.71. The Labute approximate surface area is 111 Å². The first kappa shape index (κ1) is 16.2. The van der Waals surface area contributed by atoms with Crippen LogP contribution in [0.3, 0.4) is 0 Å². The monoisotopic (exact) mass is 280 g/mol. The standard InChI is InChI=1S/C11H14ClFN2O.ClH/c12-6-2-5-10(11(16)15-14)8-3-1-4-9(13)7-8;/h1,3-4,7,10H,2,5-6,14H2,(H,15,16);1H. The maximum atomic E-state index is 13.0. The van der Waals surface area contributed by atoms with Gasteiger partial charge in [0.05, 0.1) is 5.92 Å². The van der Waals surface area contributed by atoms with Crippen LogP contribution in [0.5, 0.6) is 0 Å². The van der Waals surface area contributed by atoms with Crippen LogP contribution in [-0.4, -0.2) is 11.8 Å². The number of hydrazine groups is 1. The number of hydrogen-bond acceptors (Lipinski definition) is 2. The number of carbonyl (C=O) groups excluding carboxylic acids is 1. The molecular formula is C11H15Cl2FN2O. The van der Waals surface area contributed by atoms with Crippen molar-refractivity contribution < 1.29 is 9.18 Å². The normalized spacial score (nSPS) is 11.5. The van der Waals surface area contributed by atoms with Crippen molar-refractivity contribution in [2.24, 2.45) is 5.84 Å². The summed E-state index contributed by atoms with van der Waals surface area (Å²) in [6.07, 6.45) is 1.23. The molecule has 0 radical (unpaired) electrons. The average molecular weight is 281 g/mol. The van der Waals surface area contributed by atoms with Crippen molar-refractivity contribution in [1.82, 2.24) is 5.43 Å². The van der Waals surface area contributed by atoms with Gasteiger partial charge < -0.3 is 0 Å². The lowest BCUT2D eigenvalue weighted by molar-refractivity contribution is -0.122. The van der Waals surface area contributed by atoms with E-state index in [1.165, 1.54) is 12.1 Å². The van der Waals surface area contributed by atoms with Gasteiger partial charge in [-0.1, -0.05) is 12.1 Å². The number of halogens is 3. The third-order valence-electron chi connectivity index (χ3n) is 2.34. The number of amides is 1. The molecule has 0 saturated heterocycles. The molecule has 3 N–H and O–H groups in total. The molecule has 0 aliphatic carbocycles. The van der Waals surface area contributed by atoms with E-state index in [1.54, 1.807) is 12.1 Å². The summed E-state index contributed by atoms with van der Waals surface area (Å²) in [7, 11) is 0. The molecule has 0 fully saturated rings. The maximum absolute atomic E-state index is 13.0. The lowest BCUT2D eigenvalue weighted by atomic mass is 9.94. The van der Waals surface area contributed by atoms with E-state index in [4.69, 9.17) is 17.4 Å². The van der Waals surface area contributed by atoms with E-state index in [0.717, 1.165) is 0 Å². The molecule has 0 aromatic heterocycles. The van der Waals surface area contributed by atoms with Crippen molar-refractivity contribution in [2.75, 3.05) is 5.88 Å². The van der Waals surface area contributed by atoms with Crippen molar-refractivity contribution in [3.8, 4) is 0 Å². The van der Waals surface area contributed by atoms with Crippen LogP contribution in [0, 0.1) is 5.82 Å². The Bertz CT molecular complexity index is 363. The Kier molecular flexibility index (Phi) is 7.87. The molecule has 0 bridgehead atoms. The predicted octanol–water partition coefficient (Wildman–Crippen LogP) is 2.34. The molecule has 1 amide bonds. The van der Waals surface area contributed by atoms with Gasteiger partial charge in [0.25, 0.3) is 0 Å². The Balaban J connectivity index is 0.00000256. The van der Waals surface area contributed by atoms with Gasteiger partial charge in [-0.3, -0.25) is 10.2 Å². The van der Waals surface area contributed by atoms with Crippen LogP contribution in [0.15, 0.2) is 24.3 Å². The summed E-state index contributed by atoms with van der Waals surface area (Å²) in [4.78, 5) is 11.5. The fraction of sp³-hybridized carbons (Fsp3) is 0.364. The van der Waals surface area contributed by atoms with Crippen molar-refractivity contribution in [2.45, 2.75) is 18.8 Å². The molecule has 0 aliphatic rings. The predicted molar refractivity (Wildman–Crippen MR) is 68.7 cm³/mol. The fourth-order valence-electron chi connectivity index (χ4n) is 1.55. The van der Waals surface area contributed by atoms with Crippen LogP contribution >= 0.6 is 24.0 Å². The topological polar surface area (TPSA) is 55.1 Å². The lowest BCUT2D eigenvalue weighted by Crippen LogP contribution is -2.34. The van der Waals surface area contributed by atoms with Crippen molar-refractivity contribution in [1.29, 1.82) is 0 Å². The number of benzene rings is 1. The van der Waals surface area contributed by atoms with E-state index in [1.807, 2.05) is 0 Å². The van der Waals surface area contributed by atoms with E-state index < -0.39 is 5.92 Å². The van der Waals surface area contributed by atoms with Gasteiger partial charge in [0.1, 0.15) is 5.82 Å². The van der Waals surface area contributed by atoms with E-state index >= 15 is 0 Å². The first-order chi connectivity index (χ1) is 7.69. The highest BCUT2D eigenvalue weighted by molar-refractivity contribution is 6.17. The first-order valence-corrected chi connectivity index (χ1v) is 5.54. The second kappa shape index (κ2) is 8.28. The van der Waals surface area contributed by atoms with Gasteiger partial charge >= 0.3 is 0 Å². The zero-order chi connectivity index (χ0) is 12.0. The van der Waals surface area contributed by atoms with Crippen molar-refractivity contribution >= 4 is 29.9 Å². The Hall–Kier alpha value is -0.840. The molecule has 0 spiro atoms. The van der Waals surface area contributed by atoms with Gasteiger partial charge in [-0.25, -0.2) is 10.2 Å². The molecule has 17 heavy (non-hydrogen) atoms. The summed E-state index contributed by atoms with van der Waals surface area (Å²) >= 11 is 5.58. The molecule has 0 heterocycles. The first-order valence-electron chi connectivity index (χ1n) is 5.01. The van der Waals surface area contributed by atoms with Crippen LogP contribution in [0.1, 0.15) is 24.3 Å². The Morgan fingerprint density at radius 3 is 2.76 bits per heavy atom. The number of nitrogens with two attached hydrogens (primary N) is 1. The molecule has 3 nitrogen and oxygen atoms in total. The highest BCUT2D eigenvalue weighted by Gasteiger charge is 2.19. The lowest BCUT2D eigenvalue weighted by Gasteiger charge is -2.14. The molecule has 1 aromatic rings. The third kappa shape index (κ3) is 4.89. The number of hydrogen-bond donors (Lipinski definition) is 2. The molecule has 1 rings (SSSR count). The van der Waals surface area contributed by atoms with Gasteiger partial charge in [-0.05, 0) is 30.5 Å². The van der Waals surface area contributed by atoms with Crippen molar-refractivity contribution in [3.05, 3.63) is 35.6 Å². The molecule has 96 valence electrons. The molecule has 0 saturated carbocycles. The smallest absolute Gasteiger partial charge is 0.241 e.